The van der Waals surface area contributed by atoms with Gasteiger partial charge in [-0.2, -0.15) is 0 Å². The van der Waals surface area contributed by atoms with Crippen molar-refractivity contribution < 1.29 is 4.74 Å². The van der Waals surface area contributed by atoms with Gasteiger partial charge in [-0.05, 0) is 13.5 Å². The van der Waals surface area contributed by atoms with Crippen LogP contribution in [0, 0.1) is 0 Å². The molecule has 4 heteroatoms. The molecule has 0 saturated heterocycles. The number of hydrogen-bond acceptors (Lipinski definition) is 4. The van der Waals surface area contributed by atoms with Crippen LogP contribution in [0.15, 0.2) is 5.38 Å². The van der Waals surface area contributed by atoms with Crippen LogP contribution in [0.25, 0.3) is 0 Å². The monoisotopic (exact) mass is 214 g/mol. The lowest BCUT2D eigenvalue weighted by Gasteiger charge is -2.07. The van der Waals surface area contributed by atoms with Gasteiger partial charge in [-0.1, -0.05) is 25.2 Å². The van der Waals surface area contributed by atoms with Gasteiger partial charge in [0.25, 0.3) is 5.19 Å². The van der Waals surface area contributed by atoms with Crippen molar-refractivity contribution in [3.8, 4) is 5.19 Å². The highest BCUT2D eigenvalue weighted by atomic mass is 32.1. The van der Waals surface area contributed by atoms with Gasteiger partial charge >= 0.3 is 0 Å². The maximum atomic E-state index is 5.33. The number of hydrogen-bond donors (Lipinski definition) is 1. The summed E-state index contributed by atoms with van der Waals surface area (Å²) in [5.74, 6) is 0.459. The summed E-state index contributed by atoms with van der Waals surface area (Å²) in [4.78, 5) is 4.41. The van der Waals surface area contributed by atoms with Crippen LogP contribution in [-0.4, -0.2) is 24.7 Å². The van der Waals surface area contributed by atoms with E-state index in [2.05, 4.69) is 29.5 Å². The van der Waals surface area contributed by atoms with Crippen LogP contribution in [0.5, 0.6) is 5.19 Å². The first-order valence-corrected chi connectivity index (χ1v) is 5.94. The van der Waals surface area contributed by atoms with Crippen LogP contribution in [0.4, 0.5) is 0 Å². The Morgan fingerprint density at radius 3 is 3.00 bits per heavy atom. The van der Waals surface area contributed by atoms with Gasteiger partial charge in [-0.3, -0.25) is 0 Å². The fourth-order valence-corrected chi connectivity index (χ4v) is 2.00. The first kappa shape index (κ1) is 11.5. The molecule has 14 heavy (non-hydrogen) atoms. The van der Waals surface area contributed by atoms with Crippen molar-refractivity contribution in [3.05, 3.63) is 11.1 Å². The molecule has 1 N–H and O–H groups in total. The van der Waals surface area contributed by atoms with Crippen molar-refractivity contribution in [3.63, 3.8) is 0 Å². The molecule has 1 aromatic rings. The van der Waals surface area contributed by atoms with Crippen molar-refractivity contribution in [2.45, 2.75) is 26.7 Å². The van der Waals surface area contributed by atoms with Gasteiger partial charge in [0.15, 0.2) is 0 Å². The fourth-order valence-electron chi connectivity index (χ4n) is 1.15. The van der Waals surface area contributed by atoms with E-state index in [0.29, 0.717) is 12.5 Å². The second-order valence-corrected chi connectivity index (χ2v) is 4.00. The van der Waals surface area contributed by atoms with Crippen molar-refractivity contribution in [1.82, 2.24) is 10.3 Å². The summed E-state index contributed by atoms with van der Waals surface area (Å²) >= 11 is 1.57. The quantitative estimate of drug-likeness (QED) is 0.788. The SMILES string of the molecule is CCNCC(C)c1csc(OCC)n1. The second kappa shape index (κ2) is 5.98. The van der Waals surface area contributed by atoms with E-state index >= 15 is 0 Å². The molecule has 0 aliphatic heterocycles. The van der Waals surface area contributed by atoms with Crippen LogP contribution in [0.1, 0.15) is 32.4 Å². The largest absolute Gasteiger partial charge is 0.470 e. The molecular formula is C10H18N2OS. The summed E-state index contributed by atoms with van der Waals surface area (Å²) in [7, 11) is 0. The predicted octanol–water partition coefficient (Wildman–Crippen LogP) is 2.25. The van der Waals surface area contributed by atoms with Crippen molar-refractivity contribution in [2.75, 3.05) is 19.7 Å². The average Bonchev–Trinajstić information content (AvgIpc) is 2.63. The summed E-state index contributed by atoms with van der Waals surface area (Å²) < 4.78 is 5.33. The number of rotatable bonds is 6. The molecule has 0 aliphatic rings. The molecule has 0 radical (unpaired) electrons. The number of thiazole rings is 1. The normalized spacial score (nSPS) is 12.8. The standard InChI is InChI=1S/C10H18N2OS/c1-4-11-6-8(3)9-7-14-10(12-9)13-5-2/h7-8,11H,4-6H2,1-3H3. The van der Waals surface area contributed by atoms with Crippen molar-refractivity contribution >= 4 is 11.3 Å². The van der Waals surface area contributed by atoms with Gasteiger partial charge in [0.1, 0.15) is 0 Å². The Hall–Kier alpha value is -0.610. The summed E-state index contributed by atoms with van der Waals surface area (Å²) in [6.07, 6.45) is 0. The Balaban J connectivity index is 2.48. The van der Waals surface area contributed by atoms with Crippen molar-refractivity contribution in [2.24, 2.45) is 0 Å². The summed E-state index contributed by atoms with van der Waals surface area (Å²) in [6.45, 7) is 8.93. The van der Waals surface area contributed by atoms with Crippen LogP contribution in [-0.2, 0) is 0 Å². The van der Waals surface area contributed by atoms with Gasteiger partial charge in [0, 0.05) is 17.8 Å². The van der Waals surface area contributed by atoms with E-state index in [1.165, 1.54) is 0 Å². The number of ether oxygens (including phenoxy) is 1. The van der Waals surface area contributed by atoms with Crippen molar-refractivity contribution in [1.29, 1.82) is 0 Å². The Morgan fingerprint density at radius 2 is 2.36 bits per heavy atom. The molecule has 0 fully saturated rings. The van der Waals surface area contributed by atoms with E-state index in [9.17, 15) is 0 Å². The third-order valence-electron chi connectivity index (χ3n) is 1.97. The van der Waals surface area contributed by atoms with Gasteiger partial charge in [-0.25, -0.2) is 4.98 Å². The first-order valence-electron chi connectivity index (χ1n) is 5.06. The highest BCUT2D eigenvalue weighted by molar-refractivity contribution is 7.11. The number of aromatic nitrogens is 1. The minimum atomic E-state index is 0.459. The van der Waals surface area contributed by atoms with Gasteiger partial charge in [0.2, 0.25) is 0 Å². The molecule has 1 atom stereocenters. The molecule has 0 amide bonds. The Kier molecular flexibility index (Phi) is 4.90. The van der Waals surface area contributed by atoms with Crippen LogP contribution in [0.3, 0.4) is 0 Å². The lowest BCUT2D eigenvalue weighted by atomic mass is 10.1. The zero-order valence-corrected chi connectivity index (χ0v) is 9.86. The lowest BCUT2D eigenvalue weighted by molar-refractivity contribution is 0.337. The minimum absolute atomic E-state index is 0.459. The molecular weight excluding hydrogens is 196 g/mol. The maximum absolute atomic E-state index is 5.33. The molecule has 0 bridgehead atoms. The van der Waals surface area contributed by atoms with Gasteiger partial charge < -0.3 is 10.1 Å². The van der Waals surface area contributed by atoms with Crippen LogP contribution >= 0.6 is 11.3 Å². The molecule has 0 saturated carbocycles. The Bertz CT molecular complexity index is 262. The average molecular weight is 214 g/mol. The minimum Gasteiger partial charge on any atom is -0.470 e. The predicted molar refractivity (Wildman–Crippen MR) is 60.2 cm³/mol. The highest BCUT2D eigenvalue weighted by Gasteiger charge is 2.09. The molecule has 1 unspecified atom stereocenters. The number of likely N-dealkylation sites (N-methyl/N-ethyl adjacent to an activating group) is 1. The zero-order valence-electron chi connectivity index (χ0n) is 9.04. The van der Waals surface area contributed by atoms with E-state index in [1.54, 1.807) is 11.3 Å². The fraction of sp³-hybridized carbons (Fsp3) is 0.700. The van der Waals surface area contributed by atoms with Gasteiger partial charge in [0.05, 0.1) is 12.3 Å². The topological polar surface area (TPSA) is 34.1 Å². The van der Waals surface area contributed by atoms with E-state index < -0.39 is 0 Å². The van der Waals surface area contributed by atoms with Crippen LogP contribution in [0.2, 0.25) is 0 Å². The van der Waals surface area contributed by atoms with Crippen LogP contribution < -0.4 is 10.1 Å². The third-order valence-corrected chi connectivity index (χ3v) is 2.74. The first-order chi connectivity index (χ1) is 6.77. The number of nitrogens with zero attached hydrogens (tertiary/aromatic N) is 1. The van der Waals surface area contributed by atoms with E-state index in [1.807, 2.05) is 6.92 Å². The summed E-state index contributed by atoms with van der Waals surface area (Å²) in [5.41, 5.74) is 1.12. The van der Waals surface area contributed by atoms with Gasteiger partial charge in [-0.15, -0.1) is 0 Å². The molecule has 0 spiro atoms. The molecule has 1 rings (SSSR count). The molecule has 0 aliphatic carbocycles. The van der Waals surface area contributed by atoms with E-state index in [4.69, 9.17) is 4.74 Å². The van der Waals surface area contributed by atoms with E-state index in [-0.39, 0.29) is 0 Å². The number of nitrogens with one attached hydrogen (secondary N) is 1. The molecule has 1 aromatic heterocycles. The molecule has 1 heterocycles. The maximum Gasteiger partial charge on any atom is 0.273 e. The second-order valence-electron chi connectivity index (χ2n) is 3.18. The summed E-state index contributed by atoms with van der Waals surface area (Å²) in [6, 6.07) is 0. The Morgan fingerprint density at radius 1 is 1.57 bits per heavy atom. The molecule has 3 nitrogen and oxygen atoms in total. The Labute approximate surface area is 89.5 Å². The van der Waals surface area contributed by atoms with E-state index in [0.717, 1.165) is 24.0 Å². The molecule has 80 valence electrons. The lowest BCUT2D eigenvalue weighted by Crippen LogP contribution is -2.19. The highest BCUT2D eigenvalue weighted by Crippen LogP contribution is 2.23. The zero-order chi connectivity index (χ0) is 10.4. The third kappa shape index (κ3) is 3.27. The molecule has 0 aromatic carbocycles. The summed E-state index contributed by atoms with van der Waals surface area (Å²) in [5, 5.41) is 6.17. The smallest absolute Gasteiger partial charge is 0.273 e.